The van der Waals surface area contributed by atoms with Crippen molar-refractivity contribution >= 4 is 17.6 Å². The first-order chi connectivity index (χ1) is 17.2. The van der Waals surface area contributed by atoms with Gasteiger partial charge in [0.05, 0.1) is 31.8 Å². The average molecular weight is 504 g/mol. The molecule has 1 amide bonds. The number of amides is 1. The largest absolute Gasteiger partial charge is 0.469 e. The number of esters is 1. The van der Waals surface area contributed by atoms with Gasteiger partial charge in [0.2, 0.25) is 0 Å². The fourth-order valence-corrected chi connectivity index (χ4v) is 4.17. The van der Waals surface area contributed by atoms with Gasteiger partial charge in [0.25, 0.3) is 5.91 Å². The van der Waals surface area contributed by atoms with Crippen LogP contribution in [0.5, 0.6) is 0 Å². The first kappa shape index (κ1) is 31.6. The molecule has 0 aromatic carbocycles. The number of nitrogens with zero attached hydrogens (tertiary/aromatic N) is 2. The summed E-state index contributed by atoms with van der Waals surface area (Å²) < 4.78 is 11.1. The molecule has 0 aromatic heterocycles. The zero-order chi connectivity index (χ0) is 27.1. The van der Waals surface area contributed by atoms with Crippen molar-refractivity contribution in [3.63, 3.8) is 0 Å². The lowest BCUT2D eigenvalue weighted by atomic mass is 10.0. The van der Waals surface area contributed by atoms with Crippen molar-refractivity contribution in [2.75, 3.05) is 27.3 Å². The smallest absolute Gasteiger partial charge is 0.311 e. The lowest BCUT2D eigenvalue weighted by Crippen LogP contribution is -2.42. The van der Waals surface area contributed by atoms with Gasteiger partial charge in [-0.3, -0.25) is 14.6 Å². The Morgan fingerprint density at radius 3 is 2.56 bits per heavy atom. The van der Waals surface area contributed by atoms with Gasteiger partial charge in [-0.05, 0) is 59.0 Å². The highest BCUT2D eigenvalue weighted by Crippen LogP contribution is 2.19. The van der Waals surface area contributed by atoms with E-state index in [1.807, 2.05) is 50.9 Å². The Kier molecular flexibility index (Phi) is 15.0. The van der Waals surface area contributed by atoms with Gasteiger partial charge in [0.15, 0.2) is 0 Å². The van der Waals surface area contributed by atoms with Gasteiger partial charge in [-0.1, -0.05) is 51.0 Å². The number of ether oxygens (including phenoxy) is 2. The second-order valence-electron chi connectivity index (χ2n) is 9.66. The number of carbonyl (C=O) groups excluding carboxylic acids is 2. The lowest BCUT2D eigenvalue weighted by Gasteiger charge is -2.28. The van der Waals surface area contributed by atoms with Crippen molar-refractivity contribution < 1.29 is 19.1 Å². The predicted octanol–water partition coefficient (Wildman–Crippen LogP) is 5.23. The first-order valence-corrected chi connectivity index (χ1v) is 13.5. The van der Waals surface area contributed by atoms with E-state index in [1.165, 1.54) is 7.11 Å². The number of carbonyl (C=O) groups is 2. The highest BCUT2D eigenvalue weighted by Gasteiger charge is 2.27. The third-order valence-electron chi connectivity index (χ3n) is 6.76. The summed E-state index contributed by atoms with van der Waals surface area (Å²) in [6.45, 7) is 15.1. The van der Waals surface area contributed by atoms with Crippen molar-refractivity contribution in [1.29, 1.82) is 0 Å². The van der Waals surface area contributed by atoms with Gasteiger partial charge >= 0.3 is 5.97 Å². The van der Waals surface area contributed by atoms with E-state index in [1.54, 1.807) is 0 Å². The van der Waals surface area contributed by atoms with Gasteiger partial charge in [0, 0.05) is 25.3 Å². The quantitative estimate of drug-likeness (QED) is 0.200. The third-order valence-corrected chi connectivity index (χ3v) is 6.76. The van der Waals surface area contributed by atoms with Crippen molar-refractivity contribution in [2.24, 2.45) is 10.9 Å². The summed E-state index contributed by atoms with van der Waals surface area (Å²) in [5, 5.41) is 3.17. The molecule has 1 rings (SSSR count). The molecule has 204 valence electrons. The maximum Gasteiger partial charge on any atom is 0.311 e. The molecule has 1 N–H and O–H groups in total. The average Bonchev–Trinajstić information content (AvgIpc) is 3.10. The Balaban J connectivity index is 3.05. The second kappa shape index (κ2) is 17.1. The molecule has 1 saturated heterocycles. The van der Waals surface area contributed by atoms with Gasteiger partial charge < -0.3 is 19.7 Å². The molecule has 0 aromatic rings. The molecule has 0 saturated carbocycles. The summed E-state index contributed by atoms with van der Waals surface area (Å²) >= 11 is 0. The molecule has 1 aliphatic rings. The molecule has 2 unspecified atom stereocenters. The minimum absolute atomic E-state index is 0.0314. The van der Waals surface area contributed by atoms with E-state index in [2.05, 4.69) is 25.7 Å². The Bertz CT molecular complexity index is 796. The van der Waals surface area contributed by atoms with E-state index in [0.717, 1.165) is 56.3 Å². The fourth-order valence-electron chi connectivity index (χ4n) is 4.17. The van der Waals surface area contributed by atoms with E-state index >= 15 is 0 Å². The summed E-state index contributed by atoms with van der Waals surface area (Å²) in [7, 11) is 3.25. The summed E-state index contributed by atoms with van der Waals surface area (Å²) in [5.74, 6) is -0.798. The normalized spacial score (nSPS) is 20.0. The minimum Gasteiger partial charge on any atom is -0.469 e. The molecule has 1 heterocycles. The molecular formula is C29H49N3O4. The van der Waals surface area contributed by atoms with Crippen LogP contribution >= 0.6 is 0 Å². The molecular weight excluding hydrogens is 454 g/mol. The highest BCUT2D eigenvalue weighted by atomic mass is 16.5. The zero-order valence-electron chi connectivity index (χ0n) is 23.6. The molecule has 7 nitrogen and oxygen atoms in total. The molecule has 0 bridgehead atoms. The van der Waals surface area contributed by atoms with E-state index < -0.39 is 5.92 Å². The maximum absolute atomic E-state index is 13.6. The number of likely N-dealkylation sites (tertiary alicyclic amines) is 1. The van der Waals surface area contributed by atoms with Crippen LogP contribution < -0.4 is 5.32 Å². The van der Waals surface area contributed by atoms with Crippen LogP contribution in [0.4, 0.5) is 0 Å². The van der Waals surface area contributed by atoms with Gasteiger partial charge in [-0.2, -0.15) is 0 Å². The summed E-state index contributed by atoms with van der Waals surface area (Å²) in [5.41, 5.74) is 2.26. The highest BCUT2D eigenvalue weighted by molar-refractivity contribution is 6.43. The number of hydrogen-bond donors (Lipinski definition) is 1. The van der Waals surface area contributed by atoms with E-state index in [9.17, 15) is 9.59 Å². The van der Waals surface area contributed by atoms with E-state index in [-0.39, 0.29) is 36.7 Å². The molecule has 0 aliphatic carbocycles. The Labute approximate surface area is 219 Å². The standard InChI is InChI=1S/C29H49N3O4/c1-9-11-15-21(3)18-25(29(34)35-8)20-36-24(6)23(5)31-27(19-26(10-2)30-7)28(33)32-17-14-12-13-16-22(32)4/h11,15,19,22-25,30H,3,9-10,12-14,16-18,20H2,1-2,4-8H3/b15-11-,26-19-,31-27+/t22-,23?,24+,25?/m1/s1. The van der Waals surface area contributed by atoms with Crippen molar-refractivity contribution in [3.05, 3.63) is 36.1 Å². The van der Waals surface area contributed by atoms with Crippen LogP contribution in [0.3, 0.4) is 0 Å². The van der Waals surface area contributed by atoms with Crippen molar-refractivity contribution in [2.45, 2.75) is 97.8 Å². The Hall–Kier alpha value is -2.41. The molecule has 1 fully saturated rings. The van der Waals surface area contributed by atoms with Crippen LogP contribution in [0, 0.1) is 5.92 Å². The van der Waals surface area contributed by atoms with E-state index in [4.69, 9.17) is 14.5 Å². The number of hydrogen-bond acceptors (Lipinski definition) is 6. The van der Waals surface area contributed by atoms with Crippen LogP contribution in [0.2, 0.25) is 0 Å². The van der Waals surface area contributed by atoms with Crippen molar-refractivity contribution in [3.8, 4) is 0 Å². The Morgan fingerprint density at radius 1 is 1.22 bits per heavy atom. The number of nitrogens with one attached hydrogen (secondary N) is 1. The number of methoxy groups -OCH3 is 1. The molecule has 0 spiro atoms. The van der Waals surface area contributed by atoms with Crippen molar-refractivity contribution in [1.82, 2.24) is 10.2 Å². The molecule has 0 radical (unpaired) electrons. The van der Waals surface area contributed by atoms with Crippen LogP contribution in [0.1, 0.15) is 79.6 Å². The molecule has 4 atom stereocenters. The minimum atomic E-state index is -0.447. The monoisotopic (exact) mass is 503 g/mol. The topological polar surface area (TPSA) is 80.2 Å². The lowest BCUT2D eigenvalue weighted by molar-refractivity contribution is -0.148. The summed E-state index contributed by atoms with van der Waals surface area (Å²) in [4.78, 5) is 32.7. The van der Waals surface area contributed by atoms with Crippen LogP contribution in [-0.4, -0.2) is 68.0 Å². The first-order valence-electron chi connectivity index (χ1n) is 13.5. The predicted molar refractivity (Wildman–Crippen MR) is 148 cm³/mol. The van der Waals surface area contributed by atoms with Gasteiger partial charge in [0.1, 0.15) is 5.71 Å². The van der Waals surface area contributed by atoms with Crippen LogP contribution in [-0.2, 0) is 19.1 Å². The zero-order valence-corrected chi connectivity index (χ0v) is 23.6. The fraction of sp³-hybridized carbons (Fsp3) is 0.690. The second-order valence-corrected chi connectivity index (χ2v) is 9.66. The number of rotatable bonds is 14. The van der Waals surface area contributed by atoms with Gasteiger partial charge in [-0.25, -0.2) is 0 Å². The van der Waals surface area contributed by atoms with Crippen LogP contribution in [0.15, 0.2) is 41.1 Å². The molecule has 7 heteroatoms. The summed E-state index contributed by atoms with van der Waals surface area (Å²) in [6, 6.07) is -0.0863. The summed E-state index contributed by atoms with van der Waals surface area (Å²) in [6.07, 6.45) is 12.0. The SMILES string of the molecule is C=C(/C=C\CC)CC(CO[C@@H](C)C(C)/N=C(\C=C(\CC)NC)C(=O)N1CCCCC[C@H]1C)C(=O)OC. The number of allylic oxidation sites excluding steroid dienone is 4. The van der Waals surface area contributed by atoms with Gasteiger partial charge in [-0.15, -0.1) is 0 Å². The molecule has 36 heavy (non-hydrogen) atoms. The third kappa shape index (κ3) is 10.7. The van der Waals surface area contributed by atoms with E-state index in [0.29, 0.717) is 12.1 Å². The molecule has 1 aliphatic heterocycles. The van der Waals surface area contributed by atoms with Crippen LogP contribution in [0.25, 0.3) is 0 Å². The Morgan fingerprint density at radius 2 is 1.94 bits per heavy atom. The number of aliphatic imine (C=N–C) groups is 1. The maximum atomic E-state index is 13.6.